The predicted octanol–water partition coefficient (Wildman–Crippen LogP) is 3.03. The maximum atomic E-state index is 14.2. The molecule has 1 aliphatic heterocycles. The van der Waals surface area contributed by atoms with E-state index in [9.17, 15) is 9.18 Å². The summed E-state index contributed by atoms with van der Waals surface area (Å²) in [7, 11) is 0. The molecule has 1 aromatic carbocycles. The fourth-order valence-corrected chi connectivity index (χ4v) is 3.72. The molecule has 1 aromatic rings. The molecule has 2 N–H and O–H groups in total. The fourth-order valence-electron chi connectivity index (χ4n) is 3.72. The molecule has 154 valence electrons. The molecule has 1 amide bonds. The smallest absolute Gasteiger partial charge is 0.409 e. The number of nitrogens with zero attached hydrogens (tertiary/aromatic N) is 2. The van der Waals surface area contributed by atoms with Crippen LogP contribution in [0.15, 0.2) is 29.3 Å². The van der Waals surface area contributed by atoms with Crippen LogP contribution in [0.2, 0.25) is 0 Å². The Morgan fingerprint density at radius 3 is 2.61 bits per heavy atom. The van der Waals surface area contributed by atoms with E-state index >= 15 is 0 Å². The van der Waals surface area contributed by atoms with Gasteiger partial charge in [0.1, 0.15) is 5.82 Å². The molecular formula is C21H31FN4O2. The number of aliphatic imine (C=N–C) groups is 1. The number of piperidine rings is 1. The van der Waals surface area contributed by atoms with E-state index in [1.165, 1.54) is 6.07 Å². The van der Waals surface area contributed by atoms with Gasteiger partial charge in [-0.25, -0.2) is 9.18 Å². The van der Waals surface area contributed by atoms with Crippen LogP contribution in [0.25, 0.3) is 0 Å². The van der Waals surface area contributed by atoms with Crippen LogP contribution in [0, 0.1) is 5.82 Å². The summed E-state index contributed by atoms with van der Waals surface area (Å²) in [6.45, 7) is 6.94. The van der Waals surface area contributed by atoms with Crippen LogP contribution in [0.1, 0.15) is 45.1 Å². The lowest BCUT2D eigenvalue weighted by Crippen LogP contribution is -2.50. The van der Waals surface area contributed by atoms with Crippen LogP contribution in [-0.2, 0) is 10.2 Å². The van der Waals surface area contributed by atoms with Gasteiger partial charge in [0, 0.05) is 31.1 Å². The Labute approximate surface area is 166 Å². The summed E-state index contributed by atoms with van der Waals surface area (Å²) >= 11 is 0. The molecule has 0 atom stereocenters. The van der Waals surface area contributed by atoms with Gasteiger partial charge < -0.3 is 20.3 Å². The normalized spacial score (nSPS) is 19.2. The third-order valence-electron chi connectivity index (χ3n) is 5.54. The van der Waals surface area contributed by atoms with Crippen LogP contribution < -0.4 is 10.6 Å². The van der Waals surface area contributed by atoms with E-state index in [0.717, 1.165) is 43.8 Å². The fraction of sp³-hybridized carbons (Fsp3) is 0.619. The van der Waals surface area contributed by atoms with E-state index in [-0.39, 0.29) is 23.4 Å². The topological polar surface area (TPSA) is 66.0 Å². The number of ether oxygens (including phenoxy) is 1. The monoisotopic (exact) mass is 390 g/mol. The number of amides is 1. The maximum Gasteiger partial charge on any atom is 0.409 e. The first-order valence-electron chi connectivity index (χ1n) is 10.3. The molecule has 7 heteroatoms. The second kappa shape index (κ2) is 9.26. The minimum Gasteiger partial charge on any atom is -0.450 e. The Morgan fingerprint density at radius 2 is 2.00 bits per heavy atom. The van der Waals surface area contributed by atoms with Gasteiger partial charge in [-0.1, -0.05) is 18.2 Å². The Balaban J connectivity index is 1.57. The van der Waals surface area contributed by atoms with Crippen LogP contribution in [0.3, 0.4) is 0 Å². The van der Waals surface area contributed by atoms with E-state index < -0.39 is 0 Å². The zero-order valence-corrected chi connectivity index (χ0v) is 16.8. The first-order chi connectivity index (χ1) is 13.6. The molecule has 1 saturated carbocycles. The zero-order valence-electron chi connectivity index (χ0n) is 16.8. The molecule has 28 heavy (non-hydrogen) atoms. The largest absolute Gasteiger partial charge is 0.450 e. The van der Waals surface area contributed by atoms with Gasteiger partial charge in [-0.3, -0.25) is 4.99 Å². The molecule has 1 saturated heterocycles. The number of likely N-dealkylation sites (tertiary alicyclic amines) is 1. The van der Waals surface area contributed by atoms with Crippen molar-refractivity contribution in [2.75, 3.05) is 32.8 Å². The van der Waals surface area contributed by atoms with E-state index in [4.69, 9.17) is 9.73 Å². The minimum atomic E-state index is -0.234. The summed E-state index contributed by atoms with van der Waals surface area (Å²) in [5.41, 5.74) is 0.610. The Kier molecular flexibility index (Phi) is 6.75. The van der Waals surface area contributed by atoms with Gasteiger partial charge in [0.15, 0.2) is 5.96 Å². The van der Waals surface area contributed by atoms with Crippen LogP contribution in [-0.4, -0.2) is 55.8 Å². The van der Waals surface area contributed by atoms with Crippen molar-refractivity contribution in [2.24, 2.45) is 4.99 Å². The molecule has 0 spiro atoms. The Morgan fingerprint density at radius 1 is 1.29 bits per heavy atom. The summed E-state index contributed by atoms with van der Waals surface area (Å²) in [5, 5.41) is 6.77. The first kappa shape index (κ1) is 20.4. The minimum absolute atomic E-state index is 0.139. The quantitative estimate of drug-likeness (QED) is 0.579. The van der Waals surface area contributed by atoms with Gasteiger partial charge in [-0.15, -0.1) is 0 Å². The molecule has 2 fully saturated rings. The van der Waals surface area contributed by atoms with E-state index in [1.807, 2.05) is 26.0 Å². The van der Waals surface area contributed by atoms with Crippen molar-refractivity contribution in [1.29, 1.82) is 0 Å². The lowest BCUT2D eigenvalue weighted by molar-refractivity contribution is 0.0963. The number of carbonyl (C=O) groups is 1. The van der Waals surface area contributed by atoms with Crippen LogP contribution in [0.4, 0.5) is 9.18 Å². The van der Waals surface area contributed by atoms with Crippen LogP contribution in [0.5, 0.6) is 0 Å². The standard InChI is InChI=1S/C21H31FN4O2/c1-3-23-19(25-16-9-13-26(14-10-16)20(27)28-4-2)24-15-21(11-12-21)17-7-5-6-8-18(17)22/h5-8,16H,3-4,9-15H2,1-2H3,(H2,23,24,25). The summed E-state index contributed by atoms with van der Waals surface area (Å²) in [5.74, 6) is 0.624. The average molecular weight is 391 g/mol. The molecule has 6 nitrogen and oxygen atoms in total. The molecule has 0 radical (unpaired) electrons. The van der Waals surface area contributed by atoms with Crippen molar-refractivity contribution in [2.45, 2.75) is 51.0 Å². The highest BCUT2D eigenvalue weighted by molar-refractivity contribution is 5.80. The third-order valence-corrected chi connectivity index (χ3v) is 5.54. The van der Waals surface area contributed by atoms with Gasteiger partial charge in [0.2, 0.25) is 0 Å². The summed E-state index contributed by atoms with van der Waals surface area (Å²) in [6, 6.07) is 7.28. The Bertz CT molecular complexity index is 697. The summed E-state index contributed by atoms with van der Waals surface area (Å²) in [6.07, 6.45) is 3.40. The number of hydrogen-bond acceptors (Lipinski definition) is 3. The third kappa shape index (κ3) is 4.94. The lowest BCUT2D eigenvalue weighted by Gasteiger charge is -2.32. The van der Waals surface area contributed by atoms with Gasteiger partial charge >= 0.3 is 6.09 Å². The highest BCUT2D eigenvalue weighted by Crippen LogP contribution is 2.49. The first-order valence-corrected chi connectivity index (χ1v) is 10.3. The molecule has 2 aliphatic rings. The summed E-state index contributed by atoms with van der Waals surface area (Å²) in [4.78, 5) is 18.3. The van der Waals surface area contributed by atoms with Gasteiger partial charge in [-0.2, -0.15) is 0 Å². The maximum absolute atomic E-state index is 14.2. The van der Waals surface area contributed by atoms with Gasteiger partial charge in [0.25, 0.3) is 0 Å². The molecule has 0 bridgehead atoms. The molecular weight excluding hydrogens is 359 g/mol. The number of hydrogen-bond donors (Lipinski definition) is 2. The van der Waals surface area contributed by atoms with Crippen molar-refractivity contribution in [1.82, 2.24) is 15.5 Å². The van der Waals surface area contributed by atoms with Gasteiger partial charge in [0.05, 0.1) is 13.2 Å². The molecule has 0 unspecified atom stereocenters. The summed E-state index contributed by atoms with van der Waals surface area (Å²) < 4.78 is 19.3. The molecule has 3 rings (SSSR count). The van der Waals surface area contributed by atoms with Crippen molar-refractivity contribution in [3.8, 4) is 0 Å². The highest BCUT2D eigenvalue weighted by Gasteiger charge is 2.45. The zero-order chi connectivity index (χ0) is 20.0. The molecule has 1 heterocycles. The van der Waals surface area contributed by atoms with Gasteiger partial charge in [-0.05, 0) is 51.2 Å². The number of guanidine groups is 1. The molecule has 1 aliphatic carbocycles. The predicted molar refractivity (Wildman–Crippen MR) is 108 cm³/mol. The average Bonchev–Trinajstić information content (AvgIpc) is 3.48. The van der Waals surface area contributed by atoms with Crippen molar-refractivity contribution < 1.29 is 13.9 Å². The lowest BCUT2D eigenvalue weighted by atomic mass is 9.95. The number of carbonyl (C=O) groups excluding carboxylic acids is 1. The Hall–Kier alpha value is -2.31. The number of halogens is 1. The van der Waals surface area contributed by atoms with Crippen molar-refractivity contribution in [3.63, 3.8) is 0 Å². The van der Waals surface area contributed by atoms with Crippen molar-refractivity contribution >= 4 is 12.1 Å². The van der Waals surface area contributed by atoms with Crippen molar-refractivity contribution in [3.05, 3.63) is 35.6 Å². The number of rotatable bonds is 6. The molecule has 0 aromatic heterocycles. The van der Waals surface area contributed by atoms with E-state index in [0.29, 0.717) is 26.2 Å². The van der Waals surface area contributed by atoms with E-state index in [1.54, 1.807) is 11.0 Å². The highest BCUT2D eigenvalue weighted by atomic mass is 19.1. The second-order valence-electron chi connectivity index (χ2n) is 7.56. The van der Waals surface area contributed by atoms with Crippen LogP contribution >= 0.6 is 0 Å². The van der Waals surface area contributed by atoms with E-state index in [2.05, 4.69) is 10.6 Å². The SMILES string of the molecule is CCNC(=NCC1(c2ccccc2F)CC1)NC1CCN(C(=O)OCC)CC1. The second-order valence-corrected chi connectivity index (χ2v) is 7.56. The number of benzene rings is 1. The number of nitrogens with one attached hydrogen (secondary N) is 2.